The molecule has 1 aromatic carbocycles. The van der Waals surface area contributed by atoms with Gasteiger partial charge in [-0.25, -0.2) is 4.39 Å². The fraction of sp³-hybridized carbons (Fsp3) is 0.400. The summed E-state index contributed by atoms with van der Waals surface area (Å²) in [5.41, 5.74) is 0.374. The standard InChI is InChI=1S/C15H18FNO3/c1-3-20-11(2)10-17-15(19)13-7-6-12(5-4-8-18)14(16)9-13/h6-7,9,11,18H,3,8,10H2,1-2H3,(H,17,19). The molecule has 1 atom stereocenters. The molecule has 1 amide bonds. The molecule has 1 unspecified atom stereocenters. The monoisotopic (exact) mass is 279 g/mol. The van der Waals surface area contributed by atoms with Crippen LogP contribution in [0.1, 0.15) is 29.8 Å². The predicted octanol–water partition coefficient (Wildman–Crippen LogP) is 1.32. The van der Waals surface area contributed by atoms with Gasteiger partial charge in [-0.2, -0.15) is 0 Å². The molecule has 4 nitrogen and oxygen atoms in total. The molecule has 1 aromatic rings. The summed E-state index contributed by atoms with van der Waals surface area (Å²) in [4.78, 5) is 11.8. The molecule has 0 heterocycles. The van der Waals surface area contributed by atoms with Crippen LogP contribution in [0.5, 0.6) is 0 Å². The first-order valence-electron chi connectivity index (χ1n) is 6.37. The molecule has 20 heavy (non-hydrogen) atoms. The SMILES string of the molecule is CCOC(C)CNC(=O)c1ccc(C#CCO)c(F)c1. The van der Waals surface area contributed by atoms with Gasteiger partial charge < -0.3 is 15.2 Å². The second kappa shape index (κ2) is 8.31. The maximum atomic E-state index is 13.7. The molecule has 0 saturated heterocycles. The quantitative estimate of drug-likeness (QED) is 0.799. The van der Waals surface area contributed by atoms with Gasteiger partial charge in [-0.1, -0.05) is 11.8 Å². The molecule has 0 aliphatic carbocycles. The van der Waals surface area contributed by atoms with Crippen molar-refractivity contribution in [3.8, 4) is 11.8 Å². The largest absolute Gasteiger partial charge is 0.384 e. The van der Waals surface area contributed by atoms with Crippen LogP contribution >= 0.6 is 0 Å². The van der Waals surface area contributed by atoms with E-state index in [0.29, 0.717) is 13.2 Å². The van der Waals surface area contributed by atoms with E-state index < -0.39 is 5.82 Å². The molecule has 0 bridgehead atoms. The number of amides is 1. The van der Waals surface area contributed by atoms with Crippen molar-refractivity contribution in [2.24, 2.45) is 0 Å². The molecule has 0 aliphatic rings. The van der Waals surface area contributed by atoms with Crippen molar-refractivity contribution in [2.75, 3.05) is 19.8 Å². The third kappa shape index (κ3) is 5.00. The summed E-state index contributed by atoms with van der Waals surface area (Å²) in [6.07, 6.45) is -0.0940. The molecule has 108 valence electrons. The molecule has 0 fully saturated rings. The first-order valence-corrected chi connectivity index (χ1v) is 6.37. The number of nitrogens with one attached hydrogen (secondary N) is 1. The lowest BCUT2D eigenvalue weighted by molar-refractivity contribution is 0.0695. The lowest BCUT2D eigenvalue weighted by atomic mass is 10.1. The van der Waals surface area contributed by atoms with Gasteiger partial charge in [0.25, 0.3) is 5.91 Å². The van der Waals surface area contributed by atoms with Gasteiger partial charge >= 0.3 is 0 Å². The highest BCUT2D eigenvalue weighted by atomic mass is 19.1. The Morgan fingerprint density at radius 2 is 2.30 bits per heavy atom. The van der Waals surface area contributed by atoms with Crippen molar-refractivity contribution in [3.63, 3.8) is 0 Å². The fourth-order valence-electron chi connectivity index (χ4n) is 1.57. The second-order valence-corrected chi connectivity index (χ2v) is 4.13. The van der Waals surface area contributed by atoms with Crippen molar-refractivity contribution >= 4 is 5.91 Å². The molecule has 0 aliphatic heterocycles. The average molecular weight is 279 g/mol. The molecule has 0 saturated carbocycles. The van der Waals surface area contributed by atoms with E-state index in [4.69, 9.17) is 9.84 Å². The first-order chi connectivity index (χ1) is 9.58. The Morgan fingerprint density at radius 1 is 1.55 bits per heavy atom. The zero-order chi connectivity index (χ0) is 15.0. The van der Waals surface area contributed by atoms with Crippen LogP contribution < -0.4 is 5.32 Å². The first kappa shape index (κ1) is 16.2. The maximum absolute atomic E-state index is 13.7. The van der Waals surface area contributed by atoms with Crippen LogP contribution in [0.2, 0.25) is 0 Å². The van der Waals surface area contributed by atoms with Crippen LogP contribution in [0.15, 0.2) is 18.2 Å². The van der Waals surface area contributed by atoms with Gasteiger partial charge in [0.1, 0.15) is 12.4 Å². The highest BCUT2D eigenvalue weighted by molar-refractivity contribution is 5.94. The Kier molecular flexibility index (Phi) is 6.71. The minimum Gasteiger partial charge on any atom is -0.384 e. The molecule has 0 aromatic heterocycles. The van der Waals surface area contributed by atoms with Crippen LogP contribution in [0.3, 0.4) is 0 Å². The van der Waals surface area contributed by atoms with E-state index in [9.17, 15) is 9.18 Å². The molecular formula is C15H18FNO3. The van der Waals surface area contributed by atoms with Gasteiger partial charge in [0, 0.05) is 18.7 Å². The Morgan fingerprint density at radius 3 is 2.90 bits per heavy atom. The van der Waals surface area contributed by atoms with Crippen molar-refractivity contribution in [3.05, 3.63) is 35.1 Å². The summed E-state index contributed by atoms with van der Waals surface area (Å²) < 4.78 is 18.9. The second-order valence-electron chi connectivity index (χ2n) is 4.13. The number of hydrogen-bond donors (Lipinski definition) is 2. The number of hydrogen-bond acceptors (Lipinski definition) is 3. The van der Waals surface area contributed by atoms with E-state index in [1.807, 2.05) is 13.8 Å². The third-order valence-corrected chi connectivity index (χ3v) is 2.53. The summed E-state index contributed by atoms with van der Waals surface area (Å²) in [6, 6.07) is 4.03. The van der Waals surface area contributed by atoms with Crippen molar-refractivity contribution in [1.29, 1.82) is 0 Å². The van der Waals surface area contributed by atoms with Gasteiger partial charge in [-0.05, 0) is 32.0 Å². The normalized spacial score (nSPS) is 11.4. The summed E-state index contributed by atoms with van der Waals surface area (Å²) in [5.74, 6) is 3.88. The van der Waals surface area contributed by atoms with Crippen LogP contribution in [0.4, 0.5) is 4.39 Å². The summed E-state index contributed by atoms with van der Waals surface area (Å²) in [5, 5.41) is 11.2. The number of carbonyl (C=O) groups excluding carboxylic acids is 1. The predicted molar refractivity (Wildman–Crippen MR) is 73.8 cm³/mol. The Labute approximate surface area is 117 Å². The number of carbonyl (C=O) groups is 1. The fourth-order valence-corrected chi connectivity index (χ4v) is 1.57. The van der Waals surface area contributed by atoms with E-state index in [2.05, 4.69) is 17.2 Å². The highest BCUT2D eigenvalue weighted by Crippen LogP contribution is 2.09. The minimum atomic E-state index is -0.587. The summed E-state index contributed by atoms with van der Waals surface area (Å²) in [7, 11) is 0. The van der Waals surface area contributed by atoms with E-state index in [1.165, 1.54) is 12.1 Å². The van der Waals surface area contributed by atoms with E-state index in [0.717, 1.165) is 6.07 Å². The smallest absolute Gasteiger partial charge is 0.251 e. The Balaban J connectivity index is 2.68. The summed E-state index contributed by atoms with van der Waals surface area (Å²) >= 11 is 0. The minimum absolute atomic E-state index is 0.0940. The lowest BCUT2D eigenvalue weighted by Crippen LogP contribution is -2.32. The van der Waals surface area contributed by atoms with E-state index in [1.54, 1.807) is 0 Å². The van der Waals surface area contributed by atoms with Crippen LogP contribution in [0, 0.1) is 17.7 Å². The van der Waals surface area contributed by atoms with Gasteiger partial charge in [0.15, 0.2) is 0 Å². The molecular weight excluding hydrogens is 261 g/mol. The molecule has 0 spiro atoms. The molecule has 2 N–H and O–H groups in total. The number of benzene rings is 1. The third-order valence-electron chi connectivity index (χ3n) is 2.53. The zero-order valence-electron chi connectivity index (χ0n) is 11.6. The molecule has 1 rings (SSSR count). The Hall–Kier alpha value is -1.90. The molecule has 5 heteroatoms. The Bertz CT molecular complexity index is 520. The van der Waals surface area contributed by atoms with Gasteiger partial charge in [0.2, 0.25) is 0 Å². The zero-order valence-corrected chi connectivity index (χ0v) is 11.6. The van der Waals surface area contributed by atoms with Crippen molar-refractivity contribution in [1.82, 2.24) is 5.32 Å². The topological polar surface area (TPSA) is 58.6 Å². The summed E-state index contributed by atoms with van der Waals surface area (Å²) in [6.45, 7) is 4.32. The average Bonchev–Trinajstić information content (AvgIpc) is 2.43. The van der Waals surface area contributed by atoms with Crippen molar-refractivity contribution in [2.45, 2.75) is 20.0 Å². The van der Waals surface area contributed by atoms with E-state index in [-0.39, 0.29) is 29.7 Å². The number of aliphatic hydroxyl groups is 1. The van der Waals surface area contributed by atoms with Gasteiger partial charge in [-0.15, -0.1) is 0 Å². The van der Waals surface area contributed by atoms with Gasteiger partial charge in [0.05, 0.1) is 11.7 Å². The van der Waals surface area contributed by atoms with Crippen LogP contribution in [0.25, 0.3) is 0 Å². The maximum Gasteiger partial charge on any atom is 0.251 e. The van der Waals surface area contributed by atoms with Crippen LogP contribution in [-0.2, 0) is 4.74 Å². The molecule has 0 radical (unpaired) electrons. The number of halogens is 1. The number of aliphatic hydroxyl groups excluding tert-OH is 1. The highest BCUT2D eigenvalue weighted by Gasteiger charge is 2.10. The van der Waals surface area contributed by atoms with Gasteiger partial charge in [-0.3, -0.25) is 4.79 Å². The van der Waals surface area contributed by atoms with E-state index >= 15 is 0 Å². The van der Waals surface area contributed by atoms with Crippen molar-refractivity contribution < 1.29 is 19.0 Å². The number of rotatable bonds is 5. The lowest BCUT2D eigenvalue weighted by Gasteiger charge is -2.12. The number of ether oxygens (including phenoxy) is 1. The van der Waals surface area contributed by atoms with Crippen LogP contribution in [-0.4, -0.2) is 36.9 Å².